The minimum Gasteiger partial charge on any atom is -0.458 e. The Labute approximate surface area is 274 Å². The van der Waals surface area contributed by atoms with Gasteiger partial charge in [0.2, 0.25) is 0 Å². The lowest BCUT2D eigenvalue weighted by molar-refractivity contribution is -0.114. The molecule has 0 radical (unpaired) electrons. The third-order valence-corrected chi connectivity index (χ3v) is 7.25. The van der Waals surface area contributed by atoms with Gasteiger partial charge in [-0.3, -0.25) is 4.79 Å². The molecule has 4 heteroatoms. The summed E-state index contributed by atoms with van der Waals surface area (Å²) < 4.78 is 5.56. The van der Waals surface area contributed by atoms with Crippen LogP contribution >= 0.6 is 11.6 Å². The van der Waals surface area contributed by atoms with Crippen LogP contribution in [0, 0.1) is 19.8 Å². The molecule has 0 spiro atoms. The van der Waals surface area contributed by atoms with E-state index in [9.17, 15) is 4.79 Å². The number of hydrogen-bond acceptors (Lipinski definition) is 3. The predicted octanol–water partition coefficient (Wildman–Crippen LogP) is 11.9. The fraction of sp³-hybridized carbons (Fsp3) is 0.375. The van der Waals surface area contributed by atoms with Crippen molar-refractivity contribution in [2.75, 3.05) is 13.6 Å². The molecule has 0 saturated heterocycles. The summed E-state index contributed by atoms with van der Waals surface area (Å²) in [6.45, 7) is 29.5. The molecular formula is C40H56ClNO2. The lowest BCUT2D eigenvalue weighted by atomic mass is 9.93. The quantitative estimate of drug-likeness (QED) is 0.218. The van der Waals surface area contributed by atoms with Gasteiger partial charge in [-0.05, 0) is 87.1 Å². The maximum atomic E-state index is 12.8. The van der Waals surface area contributed by atoms with E-state index >= 15 is 0 Å². The molecule has 3 nitrogen and oxygen atoms in total. The van der Waals surface area contributed by atoms with Crippen LogP contribution in [0.4, 0.5) is 0 Å². The van der Waals surface area contributed by atoms with Gasteiger partial charge in [0.15, 0.2) is 5.78 Å². The zero-order valence-electron chi connectivity index (χ0n) is 29.2. The highest BCUT2D eigenvalue weighted by Gasteiger charge is 2.25. The zero-order valence-corrected chi connectivity index (χ0v) is 29.9. The van der Waals surface area contributed by atoms with E-state index in [1.54, 1.807) is 0 Å². The predicted molar refractivity (Wildman–Crippen MR) is 195 cm³/mol. The smallest absolute Gasteiger partial charge is 0.164 e. The average Bonchev–Trinajstić information content (AvgIpc) is 3.13. The second-order valence-electron chi connectivity index (χ2n) is 10.3. The van der Waals surface area contributed by atoms with Crippen LogP contribution in [0.5, 0.6) is 5.75 Å². The molecular weight excluding hydrogens is 562 g/mol. The van der Waals surface area contributed by atoms with Crippen molar-refractivity contribution in [1.82, 2.24) is 4.90 Å². The molecule has 3 rings (SSSR count). The summed E-state index contributed by atoms with van der Waals surface area (Å²) in [5, 5.41) is 0.620. The Balaban J connectivity index is 0.000000804. The lowest BCUT2D eigenvalue weighted by Crippen LogP contribution is -2.08. The fourth-order valence-electron chi connectivity index (χ4n) is 3.92. The van der Waals surface area contributed by atoms with Crippen LogP contribution in [0.2, 0.25) is 5.02 Å². The molecule has 0 aromatic heterocycles. The Kier molecular flexibility index (Phi) is 20.2. The van der Waals surface area contributed by atoms with E-state index < -0.39 is 0 Å². The second kappa shape index (κ2) is 22.0. The number of benzene rings is 2. The van der Waals surface area contributed by atoms with Gasteiger partial charge in [0.05, 0.1) is 0 Å². The van der Waals surface area contributed by atoms with Crippen LogP contribution in [-0.4, -0.2) is 24.3 Å². The maximum Gasteiger partial charge on any atom is 0.164 e. The van der Waals surface area contributed by atoms with E-state index in [4.69, 9.17) is 16.3 Å². The number of carbonyl (C=O) groups excluding carboxylic acids is 1. The molecule has 1 aliphatic carbocycles. The Morgan fingerprint density at radius 2 is 1.68 bits per heavy atom. The first-order chi connectivity index (χ1) is 21.0. The van der Waals surface area contributed by atoms with E-state index in [1.807, 2.05) is 102 Å². The summed E-state index contributed by atoms with van der Waals surface area (Å²) in [7, 11) is 2.01. The first-order valence-electron chi connectivity index (χ1n) is 15.9. The van der Waals surface area contributed by atoms with Crippen LogP contribution in [0.1, 0.15) is 84.9 Å². The molecule has 0 saturated carbocycles. The van der Waals surface area contributed by atoms with Crippen molar-refractivity contribution in [3.05, 3.63) is 130 Å². The third-order valence-electron chi connectivity index (χ3n) is 6.94. The van der Waals surface area contributed by atoms with E-state index in [1.165, 1.54) is 11.1 Å². The van der Waals surface area contributed by atoms with Crippen molar-refractivity contribution >= 4 is 23.0 Å². The molecule has 1 atom stereocenters. The largest absolute Gasteiger partial charge is 0.458 e. The molecule has 0 N–H and O–H groups in total. The van der Waals surface area contributed by atoms with Gasteiger partial charge in [-0.25, -0.2) is 0 Å². The number of aryl methyl sites for hydroxylation is 2. The summed E-state index contributed by atoms with van der Waals surface area (Å²) in [6.07, 6.45) is 11.4. The molecule has 0 fully saturated rings. The minimum atomic E-state index is 0.121. The standard InChI is InChI=1S/C22H25ClO.C14H19NO.2C2H6/c1-6-14(2)10-11-18-13-19(21(24)12-16(4)17(18)5)22-15(3)8-7-9-20(22)23;1-5-15(4)11-10-13(3)16-14-8-6-12(2)7-9-14;2*1-2/h7-11,13,16H,5-6,12H2,1-4H3;6-11H,3,5H2,1-2,4H3;2*1-2H3/b14-10+,18-11-;11-10-;;. The fourth-order valence-corrected chi connectivity index (χ4v) is 4.25. The SMILES string of the molecule is C=C(/C=C\N(C)CC)Oc1ccc(C)cc1.C=C1/C(=C\C=C(/C)CC)C=C(c2c(C)cccc2Cl)C(=O)CC1C.CC.CC. The first kappa shape index (κ1) is 40.4. The number of carbonyl (C=O) groups is 1. The van der Waals surface area contributed by atoms with E-state index in [0.717, 1.165) is 41.0 Å². The highest BCUT2D eigenvalue weighted by atomic mass is 35.5. The first-order valence-corrected chi connectivity index (χ1v) is 16.2. The van der Waals surface area contributed by atoms with Crippen molar-refractivity contribution in [3.8, 4) is 5.75 Å². The van der Waals surface area contributed by atoms with Gasteiger partial charge in [0.25, 0.3) is 0 Å². The van der Waals surface area contributed by atoms with Gasteiger partial charge in [0, 0.05) is 42.4 Å². The average molecular weight is 618 g/mol. The summed E-state index contributed by atoms with van der Waals surface area (Å²) in [5.41, 5.74) is 7.08. The normalized spacial score (nSPS) is 15.5. The highest BCUT2D eigenvalue weighted by Crippen LogP contribution is 2.36. The van der Waals surface area contributed by atoms with Crippen LogP contribution in [0.15, 0.2) is 109 Å². The van der Waals surface area contributed by atoms with Gasteiger partial charge in [0.1, 0.15) is 11.5 Å². The molecule has 0 amide bonds. The van der Waals surface area contributed by atoms with Crippen LogP contribution in [-0.2, 0) is 4.79 Å². The number of hydrogen-bond donors (Lipinski definition) is 0. The molecule has 1 aliphatic rings. The molecule has 2 aromatic rings. The Bertz CT molecular complexity index is 1310. The van der Waals surface area contributed by atoms with Gasteiger partial charge < -0.3 is 9.64 Å². The molecule has 2 aromatic carbocycles. The lowest BCUT2D eigenvalue weighted by Gasteiger charge is -2.11. The number of allylic oxidation sites excluding steroid dienone is 8. The second-order valence-corrected chi connectivity index (χ2v) is 10.7. The van der Waals surface area contributed by atoms with Crippen molar-refractivity contribution < 1.29 is 9.53 Å². The van der Waals surface area contributed by atoms with Gasteiger partial charge in [-0.15, -0.1) is 0 Å². The monoisotopic (exact) mass is 617 g/mol. The van der Waals surface area contributed by atoms with Gasteiger partial charge in [-0.1, -0.05) is 114 Å². The van der Waals surface area contributed by atoms with Crippen molar-refractivity contribution in [2.24, 2.45) is 5.92 Å². The topological polar surface area (TPSA) is 29.5 Å². The highest BCUT2D eigenvalue weighted by molar-refractivity contribution is 6.35. The summed E-state index contributed by atoms with van der Waals surface area (Å²) in [5.74, 6) is 1.71. The van der Waals surface area contributed by atoms with Gasteiger partial charge >= 0.3 is 0 Å². The van der Waals surface area contributed by atoms with E-state index in [-0.39, 0.29) is 11.7 Å². The van der Waals surface area contributed by atoms with Crippen LogP contribution in [0.25, 0.3) is 5.57 Å². The van der Waals surface area contributed by atoms with Crippen molar-refractivity contribution in [2.45, 2.75) is 82.1 Å². The van der Waals surface area contributed by atoms with Crippen LogP contribution < -0.4 is 4.74 Å². The number of ether oxygens (including phenoxy) is 1. The number of halogens is 1. The number of rotatable bonds is 8. The molecule has 0 heterocycles. The van der Waals surface area contributed by atoms with Crippen LogP contribution in [0.3, 0.4) is 0 Å². The zero-order chi connectivity index (χ0) is 33.8. The Morgan fingerprint density at radius 1 is 1.07 bits per heavy atom. The number of ketones is 1. The summed E-state index contributed by atoms with van der Waals surface area (Å²) in [6, 6.07) is 13.7. The van der Waals surface area contributed by atoms with Crippen molar-refractivity contribution in [3.63, 3.8) is 0 Å². The molecule has 44 heavy (non-hydrogen) atoms. The number of nitrogens with zero attached hydrogens (tertiary/aromatic N) is 1. The maximum absolute atomic E-state index is 12.8. The summed E-state index contributed by atoms with van der Waals surface area (Å²) in [4.78, 5) is 14.9. The summed E-state index contributed by atoms with van der Waals surface area (Å²) >= 11 is 6.41. The minimum absolute atomic E-state index is 0.121. The van der Waals surface area contributed by atoms with Gasteiger partial charge in [-0.2, -0.15) is 0 Å². The third kappa shape index (κ3) is 13.8. The molecule has 0 bridgehead atoms. The van der Waals surface area contributed by atoms with E-state index in [0.29, 0.717) is 22.8 Å². The molecule has 1 unspecified atom stereocenters. The Morgan fingerprint density at radius 3 is 2.23 bits per heavy atom. The van der Waals surface area contributed by atoms with Crippen molar-refractivity contribution in [1.29, 1.82) is 0 Å². The Hall–Kier alpha value is -3.56. The number of Topliss-reactive ketones (excluding diaryl/α,β-unsaturated/α-hetero) is 1. The van der Waals surface area contributed by atoms with E-state index in [2.05, 4.69) is 64.8 Å². The molecule has 0 aliphatic heterocycles. The molecule has 240 valence electrons.